The van der Waals surface area contributed by atoms with Crippen molar-refractivity contribution < 1.29 is 24.4 Å². The summed E-state index contributed by atoms with van der Waals surface area (Å²) in [4.78, 5) is 19.5. The van der Waals surface area contributed by atoms with Gasteiger partial charge in [0.25, 0.3) is 7.72 Å². The van der Waals surface area contributed by atoms with E-state index < -0.39 is 37.9 Å². The first-order valence-electron chi connectivity index (χ1n) is 10.8. The van der Waals surface area contributed by atoms with Gasteiger partial charge in [-0.3, -0.25) is 9.98 Å². The number of fused-ring (bicyclic) bond motifs is 1. The summed E-state index contributed by atoms with van der Waals surface area (Å²) in [5, 5.41) is 29.6. The summed E-state index contributed by atoms with van der Waals surface area (Å²) in [6.07, 6.45) is 0.957. The highest BCUT2D eigenvalue weighted by Crippen LogP contribution is 2.84. The molecule has 0 spiro atoms. The lowest BCUT2D eigenvalue weighted by molar-refractivity contribution is -0.0635. The number of aryl methyl sites for hydroxylation is 1. The maximum absolute atomic E-state index is 11.0. The van der Waals surface area contributed by atoms with Gasteiger partial charge in [-0.25, -0.2) is 14.9 Å². The molecule has 11 heteroatoms. The summed E-state index contributed by atoms with van der Waals surface area (Å²) in [5.41, 5.74) is 0.683. The molecule has 0 bridgehead atoms. The number of rotatable bonds is 7. The average Bonchev–Trinajstić information content (AvgIpc) is 3.03. The highest BCUT2D eigenvalue weighted by atomic mass is 31.2. The molecule has 4 unspecified atom stereocenters. The molecule has 4 N–H and O–H groups in total. The zero-order valence-corrected chi connectivity index (χ0v) is 19.5. The van der Waals surface area contributed by atoms with Gasteiger partial charge in [0.2, 0.25) is 0 Å². The highest BCUT2D eigenvalue weighted by Gasteiger charge is 2.75. The molecule has 2 aromatic rings. The molecule has 0 aliphatic carbocycles. The smallest absolute Gasteiger partial charge is 0.285 e. The van der Waals surface area contributed by atoms with Crippen molar-refractivity contribution in [2.24, 2.45) is 7.05 Å². The van der Waals surface area contributed by atoms with Crippen LogP contribution < -0.4 is 5.49 Å². The number of aliphatic hydroxyl groups excluding tert-OH is 2. The van der Waals surface area contributed by atoms with Crippen molar-refractivity contribution in [2.75, 3.05) is 0 Å². The van der Waals surface area contributed by atoms with Crippen LogP contribution in [0.2, 0.25) is 0 Å². The molecule has 31 heavy (non-hydrogen) atoms. The van der Waals surface area contributed by atoms with Gasteiger partial charge in [0.15, 0.2) is 28.7 Å². The second-order valence-corrected chi connectivity index (χ2v) is 12.1. The number of aromatic nitrogens is 4. The second-order valence-electron chi connectivity index (χ2n) is 9.06. The van der Waals surface area contributed by atoms with Gasteiger partial charge in [-0.05, 0) is 26.7 Å². The van der Waals surface area contributed by atoms with Gasteiger partial charge >= 0.3 is 0 Å². The van der Waals surface area contributed by atoms with Crippen molar-refractivity contribution in [1.82, 2.24) is 19.1 Å². The minimum absolute atomic E-state index is 0.167. The predicted molar refractivity (Wildman–Crippen MR) is 115 cm³/mol. The van der Waals surface area contributed by atoms with Gasteiger partial charge < -0.3 is 19.5 Å². The first-order chi connectivity index (χ1) is 14.6. The van der Waals surface area contributed by atoms with Crippen molar-refractivity contribution in [2.45, 2.75) is 88.4 Å². The normalized spacial score (nSPS) is 37.3. The maximum atomic E-state index is 11.0. The van der Waals surface area contributed by atoms with E-state index in [4.69, 9.17) is 14.7 Å². The molecular formula is C20H33N5O5P+. The van der Waals surface area contributed by atoms with Crippen LogP contribution in [0.5, 0.6) is 0 Å². The number of nitrogens with one attached hydrogen (secondary N) is 1. The number of ether oxygens (including phenoxy) is 1. The summed E-state index contributed by atoms with van der Waals surface area (Å²) in [7, 11) is -0.742. The van der Waals surface area contributed by atoms with E-state index in [9.17, 15) is 15.1 Å². The monoisotopic (exact) mass is 454 g/mol. The highest BCUT2D eigenvalue weighted by molar-refractivity contribution is 7.74. The Kier molecular flexibility index (Phi) is 5.77. The molecule has 2 saturated heterocycles. The fraction of sp³-hybridized carbons (Fsp3) is 0.750. The molecule has 2 aliphatic heterocycles. The van der Waals surface area contributed by atoms with Gasteiger partial charge in [0.1, 0.15) is 23.3 Å². The zero-order valence-electron chi connectivity index (χ0n) is 18.6. The molecule has 10 nitrogen and oxygen atoms in total. The van der Waals surface area contributed by atoms with Crippen LogP contribution in [0.1, 0.15) is 53.2 Å². The zero-order chi connectivity index (χ0) is 22.7. The molecule has 2 fully saturated rings. The van der Waals surface area contributed by atoms with E-state index in [-0.39, 0.29) is 16.8 Å². The van der Waals surface area contributed by atoms with Crippen molar-refractivity contribution in [3.8, 4) is 0 Å². The summed E-state index contributed by atoms with van der Waals surface area (Å²) >= 11 is 0. The fourth-order valence-electron chi connectivity index (χ4n) is 4.63. The van der Waals surface area contributed by atoms with Crippen molar-refractivity contribution in [3.63, 3.8) is 0 Å². The molecule has 0 radical (unpaired) electrons. The Morgan fingerprint density at radius 3 is 2.58 bits per heavy atom. The van der Waals surface area contributed by atoms with Gasteiger partial charge in [-0.15, -0.1) is 0 Å². The Labute approximate surface area is 181 Å². The van der Waals surface area contributed by atoms with Gasteiger partial charge in [0.05, 0.1) is 18.8 Å². The Bertz CT molecular complexity index is 1030. The van der Waals surface area contributed by atoms with Crippen LogP contribution in [-0.2, 0) is 16.3 Å². The average molecular weight is 454 g/mol. The number of nitrogens with zero attached hydrogens (tertiary/aromatic N) is 4. The molecule has 2 aliphatic rings. The SMILES string of the molecule is CCC1C(C)[P+]1(O)OC(C)(CC)C[C@H]1O[C@H](n2cnc3c(=N)n(C)cnc32)[C@H](O)[C@@H]1O. The van der Waals surface area contributed by atoms with E-state index >= 15 is 0 Å². The van der Waals surface area contributed by atoms with Gasteiger partial charge in [-0.1, -0.05) is 13.8 Å². The van der Waals surface area contributed by atoms with E-state index in [1.165, 1.54) is 12.7 Å². The molecule has 172 valence electrons. The molecular weight excluding hydrogens is 421 g/mol. The Morgan fingerprint density at radius 2 is 1.97 bits per heavy atom. The van der Waals surface area contributed by atoms with Gasteiger partial charge in [0, 0.05) is 13.5 Å². The third-order valence-electron chi connectivity index (χ3n) is 7.00. The fourth-order valence-corrected chi connectivity index (χ4v) is 7.98. The van der Waals surface area contributed by atoms with Crippen LogP contribution in [0.4, 0.5) is 0 Å². The predicted octanol–water partition coefficient (Wildman–Crippen LogP) is 1.46. The Balaban J connectivity index is 1.55. The first kappa shape index (κ1) is 22.8. The maximum Gasteiger partial charge on any atom is 0.285 e. The van der Waals surface area contributed by atoms with Gasteiger partial charge in [-0.2, -0.15) is 4.52 Å². The Morgan fingerprint density at radius 1 is 1.26 bits per heavy atom. The third-order valence-corrected chi connectivity index (χ3v) is 10.7. The van der Waals surface area contributed by atoms with Crippen LogP contribution in [-0.4, -0.2) is 69.4 Å². The molecule has 4 rings (SSSR count). The number of hydrogen-bond donors (Lipinski definition) is 4. The van der Waals surface area contributed by atoms with Crippen LogP contribution in [0.3, 0.4) is 0 Å². The minimum atomic E-state index is -2.45. The van der Waals surface area contributed by atoms with Crippen molar-refractivity contribution in [3.05, 3.63) is 18.1 Å². The molecule has 0 amide bonds. The number of aliphatic hydroxyl groups is 2. The van der Waals surface area contributed by atoms with Crippen molar-refractivity contribution in [1.29, 1.82) is 5.41 Å². The van der Waals surface area contributed by atoms with Crippen LogP contribution >= 0.6 is 7.72 Å². The van der Waals surface area contributed by atoms with E-state index in [1.54, 1.807) is 16.2 Å². The van der Waals surface area contributed by atoms with E-state index in [0.717, 1.165) is 6.42 Å². The number of hydrogen-bond acceptors (Lipinski definition) is 8. The topological polar surface area (TPSA) is 139 Å². The molecule has 8 atom stereocenters. The summed E-state index contributed by atoms with van der Waals surface area (Å²) in [6.45, 7) is 8.00. The summed E-state index contributed by atoms with van der Waals surface area (Å²) < 4.78 is 15.5. The van der Waals surface area contributed by atoms with Crippen molar-refractivity contribution >= 4 is 18.9 Å². The Hall–Kier alpha value is -1.42. The minimum Gasteiger partial charge on any atom is -0.388 e. The lowest BCUT2D eigenvalue weighted by Gasteiger charge is -2.30. The first-order valence-corrected chi connectivity index (χ1v) is 12.6. The largest absolute Gasteiger partial charge is 0.388 e. The molecule has 0 saturated carbocycles. The van der Waals surface area contributed by atoms with Crippen LogP contribution in [0.25, 0.3) is 11.2 Å². The lowest BCUT2D eigenvalue weighted by atomic mass is 9.93. The second kappa shape index (κ2) is 7.86. The number of imidazole rings is 1. The lowest BCUT2D eigenvalue weighted by Crippen LogP contribution is -2.38. The van der Waals surface area contributed by atoms with E-state index in [2.05, 4.69) is 16.9 Å². The van der Waals surface area contributed by atoms with Crippen LogP contribution in [0, 0.1) is 5.41 Å². The molecule has 0 aromatic carbocycles. The molecule has 4 heterocycles. The summed E-state index contributed by atoms with van der Waals surface area (Å²) in [6, 6.07) is 0. The summed E-state index contributed by atoms with van der Waals surface area (Å²) in [5.74, 6) is 0. The third kappa shape index (κ3) is 3.63. The van der Waals surface area contributed by atoms with E-state index in [0.29, 0.717) is 24.0 Å². The quantitative estimate of drug-likeness (QED) is 0.465. The van der Waals surface area contributed by atoms with E-state index in [1.807, 2.05) is 20.8 Å². The van der Waals surface area contributed by atoms with Crippen LogP contribution in [0.15, 0.2) is 12.7 Å². The molecule has 2 aromatic heterocycles. The standard InChI is InChI=1S/C20H33N5O5P/c1-6-13-11(3)31(13,28)30-20(4,7-2)8-12-15(26)16(27)19(29-12)25-10-22-14-17(21)24(5)9-23-18(14)25/h9-13,15-16,19,21,26-28H,6-8H2,1-5H3/q+1/t11?,12-,13?,15-,16-,19+,20?,31?/m1/s1.